The molecular weight excluding hydrogens is 310 g/mol. The predicted molar refractivity (Wildman–Crippen MR) is 83.9 cm³/mol. The largest absolute Gasteiger partial charge is 0.481 e. The zero-order valence-electron chi connectivity index (χ0n) is 12.0. The number of thioether (sulfide) groups is 1. The second-order valence-corrected chi connectivity index (χ2v) is 6.27. The molecule has 1 aromatic carbocycles. The molecule has 5 nitrogen and oxygen atoms in total. The Morgan fingerprint density at radius 2 is 2.14 bits per heavy atom. The molecular formula is C14H16ClN3O2S. The molecule has 0 saturated carbocycles. The van der Waals surface area contributed by atoms with E-state index in [1.54, 1.807) is 0 Å². The molecule has 0 spiro atoms. The summed E-state index contributed by atoms with van der Waals surface area (Å²) in [5, 5.41) is 18.4. The smallest absolute Gasteiger partial charge is 0.313 e. The normalized spacial score (nSPS) is 11.1. The van der Waals surface area contributed by atoms with Crippen LogP contribution in [0.5, 0.6) is 0 Å². The van der Waals surface area contributed by atoms with Gasteiger partial charge in [-0.2, -0.15) is 0 Å². The molecule has 0 aliphatic carbocycles. The third-order valence-corrected chi connectivity index (χ3v) is 4.27. The number of nitrogens with zero attached hydrogens (tertiary/aromatic N) is 3. The van der Waals surface area contributed by atoms with Crippen LogP contribution in [0.1, 0.15) is 25.5 Å². The van der Waals surface area contributed by atoms with Gasteiger partial charge in [0.1, 0.15) is 0 Å². The lowest BCUT2D eigenvalue weighted by Gasteiger charge is -2.13. The van der Waals surface area contributed by atoms with Crippen molar-refractivity contribution in [2.24, 2.45) is 0 Å². The van der Waals surface area contributed by atoms with Crippen molar-refractivity contribution in [3.63, 3.8) is 0 Å². The first kappa shape index (κ1) is 15.9. The summed E-state index contributed by atoms with van der Waals surface area (Å²) in [6.07, 6.45) is 0. The summed E-state index contributed by atoms with van der Waals surface area (Å²) in [6, 6.07) is 5.80. The highest BCUT2D eigenvalue weighted by molar-refractivity contribution is 7.99. The van der Waals surface area contributed by atoms with Crippen molar-refractivity contribution < 1.29 is 9.90 Å². The van der Waals surface area contributed by atoms with Crippen LogP contribution in [0.3, 0.4) is 0 Å². The Bertz CT molecular complexity index is 670. The van der Waals surface area contributed by atoms with E-state index in [1.807, 2.05) is 43.5 Å². The molecule has 0 radical (unpaired) electrons. The number of aromatic nitrogens is 3. The maximum absolute atomic E-state index is 10.7. The lowest BCUT2D eigenvalue weighted by Crippen LogP contribution is -2.07. The van der Waals surface area contributed by atoms with Crippen LogP contribution in [0.2, 0.25) is 5.02 Å². The molecule has 1 aromatic heterocycles. The van der Waals surface area contributed by atoms with E-state index in [4.69, 9.17) is 16.7 Å². The van der Waals surface area contributed by atoms with E-state index in [-0.39, 0.29) is 11.8 Å². The average Bonchev–Trinajstić information content (AvgIpc) is 2.83. The number of rotatable bonds is 5. The summed E-state index contributed by atoms with van der Waals surface area (Å²) < 4.78 is 1.94. The number of carbonyl (C=O) groups is 1. The third kappa shape index (κ3) is 3.57. The van der Waals surface area contributed by atoms with E-state index in [1.165, 1.54) is 11.8 Å². The summed E-state index contributed by atoms with van der Waals surface area (Å²) in [5.41, 5.74) is 1.88. The van der Waals surface area contributed by atoms with E-state index in [0.717, 1.165) is 17.0 Å². The molecule has 0 bridgehead atoms. The van der Waals surface area contributed by atoms with Crippen LogP contribution in [-0.4, -0.2) is 31.6 Å². The molecule has 2 aromatic rings. The summed E-state index contributed by atoms with van der Waals surface area (Å²) in [7, 11) is 0. The van der Waals surface area contributed by atoms with Crippen LogP contribution in [0.25, 0.3) is 11.4 Å². The number of carboxylic acid groups (broad SMARTS) is 1. The average molecular weight is 326 g/mol. The second kappa shape index (κ2) is 6.49. The van der Waals surface area contributed by atoms with Crippen molar-refractivity contribution in [1.29, 1.82) is 0 Å². The molecule has 0 unspecified atom stereocenters. The molecule has 0 aliphatic heterocycles. The van der Waals surface area contributed by atoms with Crippen LogP contribution in [0, 0.1) is 6.92 Å². The van der Waals surface area contributed by atoms with Crippen molar-refractivity contribution in [2.45, 2.75) is 32.0 Å². The van der Waals surface area contributed by atoms with Gasteiger partial charge in [0.2, 0.25) is 0 Å². The number of aryl methyl sites for hydroxylation is 1. The van der Waals surface area contributed by atoms with Gasteiger partial charge in [0.15, 0.2) is 11.0 Å². The maximum atomic E-state index is 10.7. The van der Waals surface area contributed by atoms with Crippen LogP contribution in [-0.2, 0) is 4.79 Å². The SMILES string of the molecule is Cc1cc(-c2nnc(SCC(=O)O)n2C(C)C)ccc1Cl. The Hall–Kier alpha value is -1.53. The van der Waals surface area contributed by atoms with Crippen molar-refractivity contribution in [3.05, 3.63) is 28.8 Å². The highest BCUT2D eigenvalue weighted by Gasteiger charge is 2.18. The quantitative estimate of drug-likeness (QED) is 0.849. The standard InChI is InChI=1S/C14H16ClN3O2S/c1-8(2)18-13(10-4-5-11(15)9(3)6-10)16-17-14(18)21-7-12(19)20/h4-6,8H,7H2,1-3H3,(H,19,20). The molecule has 2 rings (SSSR count). The van der Waals surface area contributed by atoms with Gasteiger partial charge in [0.25, 0.3) is 0 Å². The van der Waals surface area contributed by atoms with Gasteiger partial charge in [0.05, 0.1) is 5.75 Å². The van der Waals surface area contributed by atoms with Crippen molar-refractivity contribution in [1.82, 2.24) is 14.8 Å². The van der Waals surface area contributed by atoms with Crippen molar-refractivity contribution in [2.75, 3.05) is 5.75 Å². The molecule has 0 aliphatic rings. The Kier molecular flexibility index (Phi) is 4.90. The zero-order valence-corrected chi connectivity index (χ0v) is 13.6. The summed E-state index contributed by atoms with van der Waals surface area (Å²) in [6.45, 7) is 5.96. The molecule has 7 heteroatoms. The zero-order chi connectivity index (χ0) is 15.6. The third-order valence-electron chi connectivity index (χ3n) is 2.92. The number of aliphatic carboxylic acids is 1. The Balaban J connectivity index is 2.43. The van der Waals surface area contributed by atoms with Crippen molar-refractivity contribution in [3.8, 4) is 11.4 Å². The fraction of sp³-hybridized carbons (Fsp3) is 0.357. The second-order valence-electron chi connectivity index (χ2n) is 4.92. The van der Waals surface area contributed by atoms with Gasteiger partial charge in [-0.15, -0.1) is 10.2 Å². The predicted octanol–water partition coefficient (Wildman–Crippen LogP) is 3.66. The van der Waals surface area contributed by atoms with Crippen LogP contribution in [0.15, 0.2) is 23.4 Å². The molecule has 0 atom stereocenters. The highest BCUT2D eigenvalue weighted by atomic mass is 35.5. The summed E-state index contributed by atoms with van der Waals surface area (Å²) in [4.78, 5) is 10.7. The molecule has 0 saturated heterocycles. The van der Waals surface area contributed by atoms with Gasteiger partial charge in [-0.3, -0.25) is 9.36 Å². The Labute approximate surface area is 132 Å². The van der Waals surface area contributed by atoms with Gasteiger partial charge in [0, 0.05) is 16.6 Å². The summed E-state index contributed by atoms with van der Waals surface area (Å²) in [5.74, 6) is -0.190. The van der Waals surface area contributed by atoms with E-state index in [2.05, 4.69) is 10.2 Å². The maximum Gasteiger partial charge on any atom is 0.313 e. The molecule has 112 valence electrons. The van der Waals surface area contributed by atoms with Gasteiger partial charge >= 0.3 is 5.97 Å². The van der Waals surface area contributed by atoms with E-state index >= 15 is 0 Å². The Morgan fingerprint density at radius 1 is 1.43 bits per heavy atom. The first-order chi connectivity index (χ1) is 9.90. The van der Waals surface area contributed by atoms with Crippen molar-refractivity contribution >= 4 is 29.3 Å². The fourth-order valence-electron chi connectivity index (χ4n) is 1.95. The van der Waals surface area contributed by atoms with Gasteiger partial charge in [-0.05, 0) is 44.5 Å². The van der Waals surface area contributed by atoms with Crippen LogP contribution < -0.4 is 0 Å². The first-order valence-corrected chi connectivity index (χ1v) is 7.82. The van der Waals surface area contributed by atoms with E-state index in [9.17, 15) is 4.79 Å². The van der Waals surface area contributed by atoms with Gasteiger partial charge in [-0.1, -0.05) is 23.4 Å². The number of hydrogen-bond acceptors (Lipinski definition) is 4. The highest BCUT2D eigenvalue weighted by Crippen LogP contribution is 2.29. The summed E-state index contributed by atoms with van der Waals surface area (Å²) >= 11 is 7.22. The number of hydrogen-bond donors (Lipinski definition) is 1. The van der Waals surface area contributed by atoms with Gasteiger partial charge < -0.3 is 5.11 Å². The lowest BCUT2D eigenvalue weighted by atomic mass is 10.1. The number of halogens is 1. The number of carboxylic acids is 1. The molecule has 1 N–H and O–H groups in total. The molecule has 0 fully saturated rings. The topological polar surface area (TPSA) is 68.0 Å². The van der Waals surface area contributed by atoms with E-state index < -0.39 is 5.97 Å². The van der Waals surface area contributed by atoms with Crippen LogP contribution in [0.4, 0.5) is 0 Å². The molecule has 21 heavy (non-hydrogen) atoms. The van der Waals surface area contributed by atoms with Gasteiger partial charge in [-0.25, -0.2) is 0 Å². The molecule has 1 heterocycles. The minimum absolute atomic E-state index is 0.0372. The van der Waals surface area contributed by atoms with Crippen LogP contribution >= 0.6 is 23.4 Å². The number of benzene rings is 1. The Morgan fingerprint density at radius 3 is 2.71 bits per heavy atom. The lowest BCUT2D eigenvalue weighted by molar-refractivity contribution is -0.133. The fourth-order valence-corrected chi connectivity index (χ4v) is 2.85. The monoisotopic (exact) mass is 325 g/mol. The first-order valence-electron chi connectivity index (χ1n) is 6.46. The van der Waals surface area contributed by atoms with E-state index in [0.29, 0.717) is 10.2 Å². The molecule has 0 amide bonds. The minimum atomic E-state index is -0.873. The minimum Gasteiger partial charge on any atom is -0.481 e.